The maximum atomic E-state index is 12.7. The van der Waals surface area contributed by atoms with E-state index in [0.717, 1.165) is 0 Å². The van der Waals surface area contributed by atoms with Crippen LogP contribution in [-0.4, -0.2) is 21.3 Å². The molecule has 2 rings (SSSR count). The predicted octanol–water partition coefficient (Wildman–Crippen LogP) is 0.669. The first-order chi connectivity index (χ1) is 6.09. The highest BCUT2D eigenvalue weighted by Gasteiger charge is 2.36. The van der Waals surface area contributed by atoms with Crippen molar-refractivity contribution >= 4 is 11.6 Å². The molecule has 0 spiro atoms. The summed E-state index contributed by atoms with van der Waals surface area (Å²) in [5, 5.41) is 6.54. The number of hydrogen-bond acceptors (Lipinski definition) is 3. The molecule has 72 valence electrons. The van der Waals surface area contributed by atoms with Crippen LogP contribution in [0, 0.1) is 0 Å². The molecule has 0 fully saturated rings. The van der Waals surface area contributed by atoms with Gasteiger partial charge in [0.15, 0.2) is 0 Å². The molecule has 0 saturated heterocycles. The molecule has 13 heavy (non-hydrogen) atoms. The van der Waals surface area contributed by atoms with Crippen LogP contribution in [0.25, 0.3) is 0 Å². The molecule has 1 aliphatic rings. The topological polar surface area (TPSA) is 42.7 Å². The molecule has 0 saturated carbocycles. The molecule has 0 aliphatic carbocycles. The minimum absolute atomic E-state index is 0.431. The number of halogens is 3. The van der Waals surface area contributed by atoms with Crippen LogP contribution < -0.4 is 5.32 Å². The number of aromatic nitrogens is 3. The summed E-state index contributed by atoms with van der Waals surface area (Å²) in [5.74, 6) is 0.0345. The van der Waals surface area contributed by atoms with Crippen molar-refractivity contribution < 1.29 is 8.78 Å². The molecule has 1 N–H and O–H groups in total. The molecule has 0 bridgehead atoms. The summed E-state index contributed by atoms with van der Waals surface area (Å²) in [5.41, 5.74) is 0. The standard InChI is InChI=1S/C6H7ClF2N4/c7-6(8,9)5-12-11-4-3-10-1-2-13(4)5/h10H,1-3H2. The second-order valence-electron chi connectivity index (χ2n) is 2.77. The largest absolute Gasteiger partial charge is 0.381 e. The van der Waals surface area contributed by atoms with Gasteiger partial charge in [0.1, 0.15) is 5.82 Å². The van der Waals surface area contributed by atoms with Gasteiger partial charge in [0.05, 0.1) is 6.54 Å². The van der Waals surface area contributed by atoms with Gasteiger partial charge in [-0.3, -0.25) is 0 Å². The third kappa shape index (κ3) is 1.51. The van der Waals surface area contributed by atoms with Crippen LogP contribution in [0.2, 0.25) is 0 Å². The van der Waals surface area contributed by atoms with E-state index in [4.69, 9.17) is 11.6 Å². The number of alkyl halides is 3. The van der Waals surface area contributed by atoms with Crippen molar-refractivity contribution in [2.75, 3.05) is 6.54 Å². The van der Waals surface area contributed by atoms with E-state index >= 15 is 0 Å². The summed E-state index contributed by atoms with van der Waals surface area (Å²) in [6.45, 7) is 1.52. The second kappa shape index (κ2) is 2.88. The summed E-state index contributed by atoms with van der Waals surface area (Å²) >= 11 is 4.86. The Morgan fingerprint density at radius 3 is 2.92 bits per heavy atom. The Hall–Kier alpha value is -0.750. The summed E-state index contributed by atoms with van der Waals surface area (Å²) in [6.07, 6.45) is 0. The fourth-order valence-corrected chi connectivity index (χ4v) is 1.44. The molecule has 1 aromatic rings. The van der Waals surface area contributed by atoms with Crippen LogP contribution in [-0.2, 0) is 18.5 Å². The minimum atomic E-state index is -3.43. The van der Waals surface area contributed by atoms with Gasteiger partial charge in [-0.2, -0.15) is 8.78 Å². The first-order valence-electron chi connectivity index (χ1n) is 3.79. The van der Waals surface area contributed by atoms with Crippen molar-refractivity contribution in [2.45, 2.75) is 18.5 Å². The lowest BCUT2D eigenvalue weighted by Crippen LogP contribution is -2.30. The molecule has 4 nitrogen and oxygen atoms in total. The van der Waals surface area contributed by atoms with Crippen molar-refractivity contribution in [2.24, 2.45) is 0 Å². The Morgan fingerprint density at radius 2 is 2.23 bits per heavy atom. The van der Waals surface area contributed by atoms with E-state index < -0.39 is 11.2 Å². The molecule has 0 radical (unpaired) electrons. The zero-order valence-corrected chi connectivity index (χ0v) is 7.35. The van der Waals surface area contributed by atoms with E-state index in [1.165, 1.54) is 4.57 Å². The SMILES string of the molecule is FC(F)(Cl)c1nnc2n1CCNC2. The molecule has 1 aliphatic heterocycles. The highest BCUT2D eigenvalue weighted by Crippen LogP contribution is 2.31. The van der Waals surface area contributed by atoms with E-state index in [1.807, 2.05) is 0 Å². The molecule has 0 aromatic carbocycles. The Morgan fingerprint density at radius 1 is 1.46 bits per heavy atom. The number of fused-ring (bicyclic) bond motifs is 1. The van der Waals surface area contributed by atoms with Crippen molar-refractivity contribution in [1.82, 2.24) is 20.1 Å². The lowest BCUT2D eigenvalue weighted by Gasteiger charge is -2.17. The first-order valence-corrected chi connectivity index (χ1v) is 4.17. The van der Waals surface area contributed by atoms with Crippen LogP contribution in [0.4, 0.5) is 8.78 Å². The summed E-state index contributed by atoms with van der Waals surface area (Å²) in [6, 6.07) is 0. The van der Waals surface area contributed by atoms with E-state index in [1.54, 1.807) is 0 Å². The molecule has 7 heteroatoms. The van der Waals surface area contributed by atoms with Gasteiger partial charge in [-0.05, 0) is 11.6 Å². The first kappa shape index (κ1) is 8.83. The highest BCUT2D eigenvalue weighted by atomic mass is 35.5. The molecule has 0 atom stereocenters. The van der Waals surface area contributed by atoms with Crippen LogP contribution in [0.15, 0.2) is 0 Å². The molecular weight excluding hydrogens is 202 g/mol. The van der Waals surface area contributed by atoms with Crippen molar-refractivity contribution in [3.05, 3.63) is 11.6 Å². The van der Waals surface area contributed by atoms with E-state index in [9.17, 15) is 8.78 Å². The molecule has 0 unspecified atom stereocenters. The van der Waals surface area contributed by atoms with Crippen molar-refractivity contribution in [1.29, 1.82) is 0 Å². The summed E-state index contributed by atoms with van der Waals surface area (Å²) in [7, 11) is 0. The lowest BCUT2D eigenvalue weighted by molar-refractivity contribution is 0.0788. The number of rotatable bonds is 1. The molecular formula is C6H7ClF2N4. The number of nitrogens with one attached hydrogen (secondary N) is 1. The Labute approximate surface area is 77.9 Å². The fraction of sp³-hybridized carbons (Fsp3) is 0.667. The van der Waals surface area contributed by atoms with Gasteiger partial charge < -0.3 is 9.88 Å². The zero-order chi connectivity index (χ0) is 9.47. The minimum Gasteiger partial charge on any atom is -0.308 e. The third-order valence-corrected chi connectivity index (χ3v) is 2.05. The van der Waals surface area contributed by atoms with E-state index in [0.29, 0.717) is 25.5 Å². The number of hydrogen-bond donors (Lipinski definition) is 1. The quantitative estimate of drug-likeness (QED) is 0.690. The second-order valence-corrected chi connectivity index (χ2v) is 3.24. The zero-order valence-electron chi connectivity index (χ0n) is 6.60. The average molecular weight is 209 g/mol. The van der Waals surface area contributed by atoms with E-state index in [2.05, 4.69) is 15.5 Å². The number of nitrogens with zero attached hydrogens (tertiary/aromatic N) is 3. The average Bonchev–Trinajstić information content (AvgIpc) is 2.45. The Kier molecular flexibility index (Phi) is 1.96. The normalized spacial score (nSPS) is 17.2. The van der Waals surface area contributed by atoms with Crippen LogP contribution >= 0.6 is 11.6 Å². The molecule has 2 heterocycles. The maximum absolute atomic E-state index is 12.7. The van der Waals surface area contributed by atoms with Gasteiger partial charge in [0.25, 0.3) is 0 Å². The van der Waals surface area contributed by atoms with Gasteiger partial charge in [-0.15, -0.1) is 10.2 Å². The Balaban J connectivity index is 2.43. The predicted molar refractivity (Wildman–Crippen MR) is 41.5 cm³/mol. The van der Waals surface area contributed by atoms with Crippen LogP contribution in [0.3, 0.4) is 0 Å². The van der Waals surface area contributed by atoms with E-state index in [-0.39, 0.29) is 0 Å². The van der Waals surface area contributed by atoms with Crippen LogP contribution in [0.5, 0.6) is 0 Å². The van der Waals surface area contributed by atoms with Gasteiger partial charge in [0.2, 0.25) is 5.82 Å². The fourth-order valence-electron chi connectivity index (χ4n) is 1.30. The van der Waals surface area contributed by atoms with Gasteiger partial charge in [-0.1, -0.05) is 0 Å². The lowest BCUT2D eigenvalue weighted by atomic mass is 10.4. The van der Waals surface area contributed by atoms with Gasteiger partial charge >= 0.3 is 5.38 Å². The summed E-state index contributed by atoms with van der Waals surface area (Å²) < 4.78 is 26.7. The smallest absolute Gasteiger partial charge is 0.308 e. The Bertz CT molecular complexity index is 319. The molecule has 0 amide bonds. The van der Waals surface area contributed by atoms with Crippen molar-refractivity contribution in [3.8, 4) is 0 Å². The summed E-state index contributed by atoms with van der Waals surface area (Å²) in [4.78, 5) is 0. The molecule has 1 aromatic heterocycles. The maximum Gasteiger partial charge on any atom is 0.381 e. The monoisotopic (exact) mass is 208 g/mol. The van der Waals surface area contributed by atoms with Gasteiger partial charge in [-0.25, -0.2) is 0 Å². The third-order valence-electron chi connectivity index (χ3n) is 1.88. The highest BCUT2D eigenvalue weighted by molar-refractivity contribution is 6.21. The van der Waals surface area contributed by atoms with Crippen molar-refractivity contribution in [3.63, 3.8) is 0 Å². The van der Waals surface area contributed by atoms with Crippen LogP contribution in [0.1, 0.15) is 11.6 Å². The van der Waals surface area contributed by atoms with Gasteiger partial charge in [0, 0.05) is 13.1 Å².